The van der Waals surface area contributed by atoms with E-state index >= 15 is 0 Å². The molecule has 1 aliphatic heterocycles. The summed E-state index contributed by atoms with van der Waals surface area (Å²) >= 11 is 0. The summed E-state index contributed by atoms with van der Waals surface area (Å²) < 4.78 is 74.1. The van der Waals surface area contributed by atoms with Crippen LogP contribution < -0.4 is 0 Å². The van der Waals surface area contributed by atoms with E-state index < -0.39 is 56.3 Å². The van der Waals surface area contributed by atoms with Gasteiger partial charge in [0.2, 0.25) is 0 Å². The van der Waals surface area contributed by atoms with Gasteiger partial charge in [-0.15, -0.1) is 10.2 Å². The number of hydrogen-bond acceptors (Lipinski definition) is 12. The lowest BCUT2D eigenvalue weighted by atomic mass is 10.1. The van der Waals surface area contributed by atoms with Crippen molar-refractivity contribution in [1.82, 2.24) is 30.0 Å². The molecule has 4 N–H and O–H groups in total. The first-order chi connectivity index (χ1) is 14.4. The van der Waals surface area contributed by atoms with Gasteiger partial charge < -0.3 is 19.7 Å². The van der Waals surface area contributed by atoms with Gasteiger partial charge in [-0.2, -0.15) is 16.8 Å². The van der Waals surface area contributed by atoms with Gasteiger partial charge in [-0.1, -0.05) is 10.4 Å². The van der Waals surface area contributed by atoms with E-state index in [0.29, 0.717) is 0 Å². The Bertz CT molecular complexity index is 1100. The third kappa shape index (κ3) is 6.97. The van der Waals surface area contributed by atoms with Crippen molar-refractivity contribution in [2.24, 2.45) is 0 Å². The molecule has 0 amide bonds. The van der Waals surface area contributed by atoms with Crippen molar-refractivity contribution >= 4 is 20.2 Å². The van der Waals surface area contributed by atoms with Gasteiger partial charge in [0.05, 0.1) is 31.6 Å². The highest BCUT2D eigenvalue weighted by Crippen LogP contribution is 2.24. The number of aliphatic hydroxyl groups is 2. The fraction of sp³-hybridized carbons (Fsp3) is 0.692. The highest BCUT2D eigenvalue weighted by atomic mass is 32.2. The Morgan fingerprint density at radius 1 is 0.968 bits per heavy atom. The van der Waals surface area contributed by atoms with E-state index in [1.54, 1.807) is 0 Å². The molecule has 1 saturated heterocycles. The predicted molar refractivity (Wildman–Crippen MR) is 97.2 cm³/mol. The van der Waals surface area contributed by atoms with Gasteiger partial charge >= 0.3 is 0 Å². The lowest BCUT2D eigenvalue weighted by Gasteiger charge is -2.14. The minimum Gasteiger partial charge on any atom is -0.387 e. The van der Waals surface area contributed by atoms with Crippen LogP contribution in [0.15, 0.2) is 12.4 Å². The molecule has 2 aromatic rings. The first-order valence-corrected chi connectivity index (χ1v) is 11.9. The largest absolute Gasteiger partial charge is 0.387 e. The highest BCUT2D eigenvalue weighted by molar-refractivity contribution is 7.85. The maximum atomic E-state index is 10.9. The Morgan fingerprint density at radius 3 is 2.29 bits per heavy atom. The molecule has 16 nitrogen and oxygen atoms in total. The number of nitrogens with zero attached hydrogens (tertiary/aromatic N) is 6. The highest BCUT2D eigenvalue weighted by Gasteiger charge is 2.43. The smallest absolute Gasteiger partial charge is 0.270 e. The van der Waals surface area contributed by atoms with Crippen molar-refractivity contribution in [2.75, 3.05) is 5.75 Å². The van der Waals surface area contributed by atoms with Crippen molar-refractivity contribution in [3.8, 4) is 0 Å². The maximum absolute atomic E-state index is 10.9. The van der Waals surface area contributed by atoms with Crippen molar-refractivity contribution in [3.05, 3.63) is 23.8 Å². The summed E-state index contributed by atoms with van der Waals surface area (Å²) in [6, 6.07) is 0. The van der Waals surface area contributed by atoms with Crippen LogP contribution in [-0.4, -0.2) is 96.5 Å². The molecule has 0 unspecified atom stereocenters. The molecule has 1 fully saturated rings. The van der Waals surface area contributed by atoms with Crippen molar-refractivity contribution < 1.29 is 45.6 Å². The van der Waals surface area contributed by atoms with Crippen molar-refractivity contribution in [2.45, 2.75) is 50.1 Å². The Labute approximate surface area is 175 Å². The maximum Gasteiger partial charge on any atom is 0.270 e. The van der Waals surface area contributed by atoms with Crippen LogP contribution in [0.4, 0.5) is 0 Å². The van der Waals surface area contributed by atoms with Gasteiger partial charge in [-0.25, -0.2) is 4.68 Å². The summed E-state index contributed by atoms with van der Waals surface area (Å²) in [6.07, 6.45) is -2.29. The predicted octanol–water partition coefficient (Wildman–Crippen LogP) is -3.19. The van der Waals surface area contributed by atoms with Crippen LogP contribution in [-0.2, 0) is 55.2 Å². The van der Waals surface area contributed by atoms with Crippen LogP contribution >= 0.6 is 0 Å². The summed E-state index contributed by atoms with van der Waals surface area (Å²) in [7, 11) is -8.42. The normalized spacial score (nSPS) is 24.6. The number of aromatic nitrogens is 6. The minimum atomic E-state index is -4.27. The molecule has 3 heterocycles. The van der Waals surface area contributed by atoms with E-state index in [0.717, 1.165) is 0 Å². The van der Waals surface area contributed by atoms with E-state index in [2.05, 4.69) is 20.6 Å². The molecule has 0 radical (unpaired) electrons. The second-order valence-corrected chi connectivity index (χ2v) is 9.78. The quantitative estimate of drug-likeness (QED) is 0.244. The molecule has 0 spiro atoms. The fourth-order valence-corrected chi connectivity index (χ4v) is 3.68. The lowest BCUT2D eigenvalue weighted by molar-refractivity contribution is -0.174. The zero-order valence-electron chi connectivity index (χ0n) is 15.7. The molecule has 2 aromatic heterocycles. The SMILES string of the molecule is O=S(=O)(O)CCn1cc(CO[C@@H]2O[C@H](Cn3cc(CS(=O)(=O)O)nn3)[C@@H](O)[C@H]2O)nn1. The molecule has 18 heteroatoms. The topological polar surface area (TPSA) is 229 Å². The third-order valence-corrected chi connectivity index (χ3v) is 5.52. The van der Waals surface area contributed by atoms with Crippen LogP contribution in [0, 0.1) is 0 Å². The van der Waals surface area contributed by atoms with Crippen molar-refractivity contribution in [3.63, 3.8) is 0 Å². The van der Waals surface area contributed by atoms with Crippen LogP contribution in [0.3, 0.4) is 0 Å². The van der Waals surface area contributed by atoms with E-state index in [9.17, 15) is 27.0 Å². The van der Waals surface area contributed by atoms with Gasteiger partial charge in [-0.05, 0) is 0 Å². The molecule has 0 saturated carbocycles. The van der Waals surface area contributed by atoms with Gasteiger partial charge in [-0.3, -0.25) is 13.8 Å². The molecule has 174 valence electrons. The minimum absolute atomic E-state index is 0.0135. The number of rotatable bonds is 10. The molecular weight excluding hydrogens is 464 g/mol. The van der Waals surface area contributed by atoms with Gasteiger partial charge in [0.25, 0.3) is 20.2 Å². The van der Waals surface area contributed by atoms with Crippen molar-refractivity contribution in [1.29, 1.82) is 0 Å². The Kier molecular flexibility index (Phi) is 7.01. The van der Waals surface area contributed by atoms with E-state index in [1.165, 1.54) is 21.8 Å². The van der Waals surface area contributed by atoms with E-state index in [4.69, 9.17) is 18.6 Å². The first kappa shape index (κ1) is 23.6. The first-order valence-electron chi connectivity index (χ1n) is 8.71. The van der Waals surface area contributed by atoms with E-state index in [-0.39, 0.29) is 31.1 Å². The average molecular weight is 484 g/mol. The summed E-state index contributed by atoms with van der Waals surface area (Å²) in [6.45, 7) is -0.371. The summed E-state index contributed by atoms with van der Waals surface area (Å²) in [5.74, 6) is -1.26. The summed E-state index contributed by atoms with van der Waals surface area (Å²) in [5, 5.41) is 35.0. The van der Waals surface area contributed by atoms with E-state index in [1.807, 2.05) is 0 Å². The summed E-state index contributed by atoms with van der Waals surface area (Å²) in [5.41, 5.74) is 0.274. The van der Waals surface area contributed by atoms with Crippen LogP contribution in [0.5, 0.6) is 0 Å². The molecule has 4 atom stereocenters. The molecule has 0 bridgehead atoms. The van der Waals surface area contributed by atoms with Gasteiger partial charge in [0, 0.05) is 6.20 Å². The van der Waals surface area contributed by atoms with Crippen LogP contribution in [0.2, 0.25) is 0 Å². The molecule has 3 rings (SSSR count). The standard InChI is InChI=1S/C13H20N6O10S2/c20-11-10(5-19-4-9(15-17-19)7-31(25,26)27)29-13(12(11)21)28-6-8-3-18(16-14-8)1-2-30(22,23)24/h3-4,10-13,20-21H,1-2,5-7H2,(H,22,23,24)(H,25,26,27)/t10-,11-,12-,13-/m1/s1. The third-order valence-electron chi connectivity index (χ3n) is 4.16. The number of ether oxygens (including phenoxy) is 2. The molecular formula is C13H20N6O10S2. The lowest BCUT2D eigenvalue weighted by Crippen LogP contribution is -2.35. The Morgan fingerprint density at radius 2 is 1.61 bits per heavy atom. The Balaban J connectivity index is 1.52. The molecule has 31 heavy (non-hydrogen) atoms. The second-order valence-electron chi connectivity index (χ2n) is 6.75. The van der Waals surface area contributed by atoms with Crippen LogP contribution in [0.1, 0.15) is 11.4 Å². The second kappa shape index (κ2) is 9.20. The van der Waals surface area contributed by atoms with Crippen LogP contribution in [0.25, 0.3) is 0 Å². The van der Waals surface area contributed by atoms with Gasteiger partial charge in [0.15, 0.2) is 6.29 Å². The number of aliphatic hydroxyl groups excluding tert-OH is 2. The molecule has 0 aromatic carbocycles. The number of hydrogen-bond donors (Lipinski definition) is 4. The number of aryl methyl sites for hydroxylation is 1. The zero-order valence-corrected chi connectivity index (χ0v) is 17.4. The van der Waals surface area contributed by atoms with Gasteiger partial charge in [0.1, 0.15) is 35.5 Å². The molecule has 0 aliphatic carbocycles. The molecule has 1 aliphatic rings. The monoisotopic (exact) mass is 484 g/mol. The average Bonchev–Trinajstić information content (AvgIpc) is 3.34. The Hall–Kier alpha value is -2.06. The fourth-order valence-electron chi connectivity index (χ4n) is 2.76. The summed E-state index contributed by atoms with van der Waals surface area (Å²) in [4.78, 5) is 0. The zero-order chi connectivity index (χ0) is 22.8.